The van der Waals surface area contributed by atoms with Crippen LogP contribution in [0.25, 0.3) is 0 Å². The second-order valence-electron chi connectivity index (χ2n) is 4.25. The predicted molar refractivity (Wildman–Crippen MR) is 77.4 cm³/mol. The van der Waals surface area contributed by atoms with Gasteiger partial charge >= 0.3 is 0 Å². The molecule has 2 aromatic carbocycles. The van der Waals surface area contributed by atoms with Gasteiger partial charge in [-0.2, -0.15) is 0 Å². The van der Waals surface area contributed by atoms with Gasteiger partial charge in [-0.05, 0) is 37.6 Å². The third-order valence-electron chi connectivity index (χ3n) is 2.81. The molecule has 0 fully saturated rings. The van der Waals surface area contributed by atoms with E-state index in [0.717, 1.165) is 10.2 Å². The van der Waals surface area contributed by atoms with Crippen LogP contribution in [0, 0.1) is 6.92 Å². The molecule has 88 valence electrons. The van der Waals surface area contributed by atoms with Gasteiger partial charge in [0, 0.05) is 16.2 Å². The molecule has 1 atom stereocenters. The average molecular weight is 290 g/mol. The lowest BCUT2D eigenvalue weighted by Crippen LogP contribution is -2.07. The van der Waals surface area contributed by atoms with Crippen molar-refractivity contribution in [3.63, 3.8) is 0 Å². The number of hydrogen-bond acceptors (Lipinski definition) is 1. The van der Waals surface area contributed by atoms with Gasteiger partial charge in [0.2, 0.25) is 0 Å². The number of hydrogen-bond donors (Lipinski definition) is 1. The van der Waals surface area contributed by atoms with Crippen molar-refractivity contribution in [2.24, 2.45) is 0 Å². The Balaban J connectivity index is 2.14. The van der Waals surface area contributed by atoms with Gasteiger partial charge < -0.3 is 5.32 Å². The molecule has 0 saturated carbocycles. The fourth-order valence-electron chi connectivity index (χ4n) is 1.80. The smallest absolute Gasteiger partial charge is 0.0496 e. The molecule has 2 rings (SSSR count). The summed E-state index contributed by atoms with van der Waals surface area (Å²) in [6, 6.07) is 17.1. The maximum Gasteiger partial charge on any atom is 0.0496 e. The van der Waals surface area contributed by atoms with Crippen molar-refractivity contribution in [1.29, 1.82) is 0 Å². The summed E-state index contributed by atoms with van der Waals surface area (Å²) in [4.78, 5) is 0. The standard InChI is InChI=1S/C15H16BrN/c1-11-7-9-13(10-8-11)17-12(2)14-5-3-4-6-15(14)16/h3-10,12,17H,1-2H3. The number of benzene rings is 2. The topological polar surface area (TPSA) is 12.0 Å². The number of rotatable bonds is 3. The van der Waals surface area contributed by atoms with Crippen molar-refractivity contribution in [2.45, 2.75) is 19.9 Å². The molecule has 0 aliphatic heterocycles. The Morgan fingerprint density at radius 1 is 1.00 bits per heavy atom. The van der Waals surface area contributed by atoms with E-state index in [1.54, 1.807) is 0 Å². The van der Waals surface area contributed by atoms with E-state index in [0.29, 0.717) is 0 Å². The molecule has 17 heavy (non-hydrogen) atoms. The van der Waals surface area contributed by atoms with E-state index in [-0.39, 0.29) is 6.04 Å². The minimum atomic E-state index is 0.285. The van der Waals surface area contributed by atoms with Gasteiger partial charge in [-0.1, -0.05) is 51.8 Å². The van der Waals surface area contributed by atoms with Crippen molar-refractivity contribution in [2.75, 3.05) is 5.32 Å². The molecule has 0 bridgehead atoms. The Bertz CT molecular complexity index is 491. The zero-order chi connectivity index (χ0) is 12.3. The van der Waals surface area contributed by atoms with Crippen molar-refractivity contribution in [3.05, 3.63) is 64.1 Å². The van der Waals surface area contributed by atoms with Gasteiger partial charge in [0.1, 0.15) is 0 Å². The van der Waals surface area contributed by atoms with E-state index in [1.165, 1.54) is 11.1 Å². The maximum absolute atomic E-state index is 3.58. The van der Waals surface area contributed by atoms with Crippen LogP contribution in [-0.4, -0.2) is 0 Å². The van der Waals surface area contributed by atoms with Crippen LogP contribution in [0.4, 0.5) is 5.69 Å². The summed E-state index contributed by atoms with van der Waals surface area (Å²) in [6.07, 6.45) is 0. The lowest BCUT2D eigenvalue weighted by Gasteiger charge is -2.17. The van der Waals surface area contributed by atoms with Crippen molar-refractivity contribution < 1.29 is 0 Å². The molecule has 2 aromatic rings. The molecule has 0 aliphatic carbocycles. The minimum Gasteiger partial charge on any atom is -0.378 e. The molecule has 0 radical (unpaired) electrons. The Labute approximate surface area is 111 Å². The van der Waals surface area contributed by atoms with Gasteiger partial charge in [0.15, 0.2) is 0 Å². The quantitative estimate of drug-likeness (QED) is 0.845. The molecule has 0 aromatic heterocycles. The maximum atomic E-state index is 3.58. The van der Waals surface area contributed by atoms with Crippen molar-refractivity contribution in [3.8, 4) is 0 Å². The highest BCUT2D eigenvalue weighted by molar-refractivity contribution is 9.10. The number of nitrogens with one attached hydrogen (secondary N) is 1. The summed E-state index contributed by atoms with van der Waals surface area (Å²) >= 11 is 3.58. The molecule has 1 N–H and O–H groups in total. The summed E-state index contributed by atoms with van der Waals surface area (Å²) < 4.78 is 1.15. The Morgan fingerprint density at radius 3 is 2.29 bits per heavy atom. The SMILES string of the molecule is Cc1ccc(NC(C)c2ccccc2Br)cc1. The fraction of sp³-hybridized carbons (Fsp3) is 0.200. The summed E-state index contributed by atoms with van der Waals surface area (Å²) in [5, 5.41) is 3.50. The molecule has 1 nitrogen and oxygen atoms in total. The first kappa shape index (κ1) is 12.2. The van der Waals surface area contributed by atoms with E-state index < -0.39 is 0 Å². The van der Waals surface area contributed by atoms with Gasteiger partial charge in [0.05, 0.1) is 0 Å². The number of halogens is 1. The fourth-order valence-corrected chi connectivity index (χ4v) is 2.43. The molecule has 0 amide bonds. The second-order valence-corrected chi connectivity index (χ2v) is 5.11. The monoisotopic (exact) mass is 289 g/mol. The lowest BCUT2D eigenvalue weighted by atomic mass is 10.1. The van der Waals surface area contributed by atoms with Gasteiger partial charge in [0.25, 0.3) is 0 Å². The summed E-state index contributed by atoms with van der Waals surface area (Å²) in [5.41, 5.74) is 3.70. The molecule has 0 heterocycles. The van der Waals surface area contributed by atoms with Crippen LogP contribution in [-0.2, 0) is 0 Å². The summed E-state index contributed by atoms with van der Waals surface area (Å²) in [5.74, 6) is 0. The molecular formula is C15H16BrN. The summed E-state index contributed by atoms with van der Waals surface area (Å²) in [7, 11) is 0. The molecular weight excluding hydrogens is 274 g/mol. The molecule has 0 saturated heterocycles. The van der Waals surface area contributed by atoms with Crippen molar-refractivity contribution >= 4 is 21.6 Å². The van der Waals surface area contributed by atoms with Gasteiger partial charge in [-0.3, -0.25) is 0 Å². The largest absolute Gasteiger partial charge is 0.378 e. The van der Waals surface area contributed by atoms with Crippen LogP contribution in [0.3, 0.4) is 0 Å². The van der Waals surface area contributed by atoms with E-state index in [2.05, 4.69) is 77.6 Å². The Kier molecular flexibility index (Phi) is 3.85. The van der Waals surface area contributed by atoms with Crippen molar-refractivity contribution in [1.82, 2.24) is 0 Å². The molecule has 1 unspecified atom stereocenters. The van der Waals surface area contributed by atoms with Crippen LogP contribution in [0.5, 0.6) is 0 Å². The third kappa shape index (κ3) is 3.10. The lowest BCUT2D eigenvalue weighted by molar-refractivity contribution is 0.879. The highest BCUT2D eigenvalue weighted by atomic mass is 79.9. The average Bonchev–Trinajstić information content (AvgIpc) is 2.32. The number of aryl methyl sites for hydroxylation is 1. The first-order valence-electron chi connectivity index (χ1n) is 5.74. The van der Waals surface area contributed by atoms with E-state index in [1.807, 2.05) is 6.07 Å². The van der Waals surface area contributed by atoms with E-state index >= 15 is 0 Å². The van der Waals surface area contributed by atoms with Crippen LogP contribution in [0.15, 0.2) is 53.0 Å². The number of anilines is 1. The first-order valence-corrected chi connectivity index (χ1v) is 6.54. The Morgan fingerprint density at radius 2 is 1.65 bits per heavy atom. The first-order chi connectivity index (χ1) is 8.16. The second kappa shape index (κ2) is 5.37. The highest BCUT2D eigenvalue weighted by Gasteiger charge is 2.07. The zero-order valence-corrected chi connectivity index (χ0v) is 11.7. The minimum absolute atomic E-state index is 0.285. The highest BCUT2D eigenvalue weighted by Crippen LogP contribution is 2.25. The van der Waals surface area contributed by atoms with Gasteiger partial charge in [-0.15, -0.1) is 0 Å². The van der Waals surface area contributed by atoms with Gasteiger partial charge in [-0.25, -0.2) is 0 Å². The van der Waals surface area contributed by atoms with Crippen LogP contribution < -0.4 is 5.32 Å². The van der Waals surface area contributed by atoms with Crippen LogP contribution >= 0.6 is 15.9 Å². The molecule has 2 heteroatoms. The normalized spacial score (nSPS) is 12.2. The Hall–Kier alpha value is -1.28. The summed E-state index contributed by atoms with van der Waals surface area (Å²) in [6.45, 7) is 4.26. The third-order valence-corrected chi connectivity index (χ3v) is 3.53. The zero-order valence-electron chi connectivity index (χ0n) is 10.1. The van der Waals surface area contributed by atoms with E-state index in [9.17, 15) is 0 Å². The predicted octanol–water partition coefficient (Wildman–Crippen LogP) is 4.93. The molecule has 0 spiro atoms. The van der Waals surface area contributed by atoms with E-state index in [4.69, 9.17) is 0 Å². The molecule has 0 aliphatic rings. The van der Waals surface area contributed by atoms with Crippen LogP contribution in [0.2, 0.25) is 0 Å². The van der Waals surface area contributed by atoms with Crippen LogP contribution in [0.1, 0.15) is 24.1 Å².